The van der Waals surface area contributed by atoms with Crippen LogP contribution in [0.15, 0.2) is 30.3 Å². The Balaban J connectivity index is 1.64. The number of likely N-dealkylation sites (tertiary alicyclic amines) is 1. The van der Waals surface area contributed by atoms with Crippen molar-refractivity contribution in [3.05, 3.63) is 35.9 Å². The van der Waals surface area contributed by atoms with Gasteiger partial charge in [0, 0.05) is 6.54 Å². The summed E-state index contributed by atoms with van der Waals surface area (Å²) in [5, 5.41) is 22.2. The molecule has 1 aromatic rings. The van der Waals surface area contributed by atoms with Gasteiger partial charge >= 0.3 is 11.9 Å². The van der Waals surface area contributed by atoms with Gasteiger partial charge in [-0.3, -0.25) is 14.9 Å². The fourth-order valence-electron chi connectivity index (χ4n) is 4.88. The van der Waals surface area contributed by atoms with E-state index < -0.39 is 30.1 Å². The molecule has 1 aliphatic heterocycles. The maximum Gasteiger partial charge on any atom is 0.326 e. The maximum absolute atomic E-state index is 13.0. The monoisotopic (exact) mass is 402 g/mol. The summed E-state index contributed by atoms with van der Waals surface area (Å²) in [5.74, 6) is -2.05. The number of hydrogen-bond donors (Lipinski definition) is 3. The summed E-state index contributed by atoms with van der Waals surface area (Å²) in [6.07, 6.45) is 4.80. The number of amides is 1. The maximum atomic E-state index is 13.0. The van der Waals surface area contributed by atoms with Crippen molar-refractivity contribution in [1.82, 2.24) is 10.2 Å². The van der Waals surface area contributed by atoms with Crippen molar-refractivity contribution in [2.24, 2.45) is 11.8 Å². The first-order valence-electron chi connectivity index (χ1n) is 10.4. The van der Waals surface area contributed by atoms with Crippen molar-refractivity contribution in [1.29, 1.82) is 0 Å². The van der Waals surface area contributed by atoms with E-state index in [9.17, 15) is 24.6 Å². The molecule has 7 heteroatoms. The second kappa shape index (κ2) is 9.39. The number of fused-ring (bicyclic) bond motifs is 1. The van der Waals surface area contributed by atoms with Crippen molar-refractivity contribution >= 4 is 17.8 Å². The lowest BCUT2D eigenvalue weighted by Crippen LogP contribution is -2.53. The molecule has 1 amide bonds. The van der Waals surface area contributed by atoms with Gasteiger partial charge in [0.1, 0.15) is 12.1 Å². The molecule has 1 aliphatic carbocycles. The Labute approximate surface area is 171 Å². The lowest BCUT2D eigenvalue weighted by Gasteiger charge is -2.29. The zero-order valence-electron chi connectivity index (χ0n) is 16.8. The first-order valence-corrected chi connectivity index (χ1v) is 10.4. The Morgan fingerprint density at radius 3 is 2.48 bits per heavy atom. The molecule has 29 heavy (non-hydrogen) atoms. The van der Waals surface area contributed by atoms with Crippen LogP contribution in [0.3, 0.4) is 0 Å². The Kier molecular flexibility index (Phi) is 6.90. The van der Waals surface area contributed by atoms with Crippen LogP contribution in [0.25, 0.3) is 0 Å². The highest BCUT2D eigenvalue weighted by Gasteiger charge is 2.49. The number of benzene rings is 1. The van der Waals surface area contributed by atoms with E-state index in [1.54, 1.807) is 6.92 Å². The average Bonchev–Trinajstić information content (AvgIpc) is 3.10. The third-order valence-corrected chi connectivity index (χ3v) is 6.36. The summed E-state index contributed by atoms with van der Waals surface area (Å²) in [6, 6.07) is 7.17. The van der Waals surface area contributed by atoms with Crippen LogP contribution >= 0.6 is 0 Å². The van der Waals surface area contributed by atoms with Gasteiger partial charge in [0.2, 0.25) is 5.91 Å². The van der Waals surface area contributed by atoms with E-state index in [2.05, 4.69) is 5.32 Å². The summed E-state index contributed by atoms with van der Waals surface area (Å²) in [6.45, 7) is 2.08. The quantitative estimate of drug-likeness (QED) is 0.615. The van der Waals surface area contributed by atoms with Gasteiger partial charge in [-0.2, -0.15) is 0 Å². The predicted molar refractivity (Wildman–Crippen MR) is 107 cm³/mol. The Hall–Kier alpha value is -2.41. The number of nitrogens with zero attached hydrogens (tertiary/aromatic N) is 1. The van der Waals surface area contributed by atoms with Crippen molar-refractivity contribution in [3.8, 4) is 0 Å². The minimum Gasteiger partial charge on any atom is -0.480 e. The summed E-state index contributed by atoms with van der Waals surface area (Å²) in [7, 11) is 0. The first-order chi connectivity index (χ1) is 13.9. The fourth-order valence-corrected chi connectivity index (χ4v) is 4.88. The third-order valence-electron chi connectivity index (χ3n) is 6.36. The highest BCUT2D eigenvalue weighted by atomic mass is 16.4. The molecule has 2 aliphatic rings. The smallest absolute Gasteiger partial charge is 0.326 e. The number of carbonyl (C=O) groups excluding carboxylic acids is 1. The number of rotatable bonds is 8. The third kappa shape index (κ3) is 4.96. The summed E-state index contributed by atoms with van der Waals surface area (Å²) >= 11 is 0. The average molecular weight is 402 g/mol. The molecule has 0 bridgehead atoms. The second-order valence-electron chi connectivity index (χ2n) is 8.29. The zero-order chi connectivity index (χ0) is 21.0. The number of aryl methyl sites for hydroxylation is 1. The minimum absolute atomic E-state index is 0.00533. The van der Waals surface area contributed by atoms with Crippen molar-refractivity contribution in [3.63, 3.8) is 0 Å². The summed E-state index contributed by atoms with van der Waals surface area (Å²) in [4.78, 5) is 38.1. The van der Waals surface area contributed by atoms with Gasteiger partial charge in [0.25, 0.3) is 0 Å². The molecule has 1 aromatic carbocycles. The summed E-state index contributed by atoms with van der Waals surface area (Å²) in [5.41, 5.74) is 1.04. The molecular formula is C22H30N2O5. The van der Waals surface area contributed by atoms with Gasteiger partial charge in [-0.15, -0.1) is 0 Å². The van der Waals surface area contributed by atoms with Crippen LogP contribution in [0.2, 0.25) is 0 Å². The van der Waals surface area contributed by atoms with E-state index in [1.165, 1.54) is 4.90 Å². The van der Waals surface area contributed by atoms with Crippen molar-refractivity contribution < 1.29 is 24.6 Å². The molecule has 3 N–H and O–H groups in total. The largest absolute Gasteiger partial charge is 0.480 e. The molecule has 2 fully saturated rings. The molecular weight excluding hydrogens is 372 g/mol. The van der Waals surface area contributed by atoms with Crippen LogP contribution in [-0.2, 0) is 20.8 Å². The number of nitrogens with one attached hydrogen (secondary N) is 1. The van der Waals surface area contributed by atoms with Gasteiger partial charge in [0.15, 0.2) is 0 Å². The molecule has 7 nitrogen and oxygen atoms in total. The van der Waals surface area contributed by atoms with Crippen LogP contribution in [0.4, 0.5) is 0 Å². The van der Waals surface area contributed by atoms with Crippen LogP contribution in [0, 0.1) is 11.8 Å². The molecule has 1 saturated heterocycles. The van der Waals surface area contributed by atoms with Crippen LogP contribution in [0.1, 0.15) is 44.6 Å². The first kappa shape index (κ1) is 21.3. The van der Waals surface area contributed by atoms with Crippen LogP contribution in [-0.4, -0.2) is 57.6 Å². The number of aliphatic carboxylic acids is 2. The van der Waals surface area contributed by atoms with Crippen LogP contribution in [0.5, 0.6) is 0 Å². The Morgan fingerprint density at radius 2 is 1.83 bits per heavy atom. The SMILES string of the molecule is CC(N[C@@H](CCc1ccccc1)C(=O)O)C(=O)N1CC2CCCCC2[C@H]1C(=O)O. The molecule has 0 spiro atoms. The van der Waals surface area contributed by atoms with E-state index in [4.69, 9.17) is 0 Å². The molecule has 0 radical (unpaired) electrons. The highest BCUT2D eigenvalue weighted by Crippen LogP contribution is 2.40. The summed E-state index contributed by atoms with van der Waals surface area (Å²) < 4.78 is 0. The molecule has 1 heterocycles. The van der Waals surface area contributed by atoms with E-state index in [1.807, 2.05) is 30.3 Å². The fraction of sp³-hybridized carbons (Fsp3) is 0.591. The van der Waals surface area contributed by atoms with Crippen molar-refractivity contribution in [2.45, 2.75) is 63.6 Å². The Bertz CT molecular complexity index is 738. The second-order valence-corrected chi connectivity index (χ2v) is 8.29. The van der Waals surface area contributed by atoms with Gasteiger partial charge in [-0.25, -0.2) is 4.79 Å². The number of carboxylic acid groups (broad SMARTS) is 2. The molecule has 1 saturated carbocycles. The molecule has 3 rings (SSSR count). The van der Waals surface area contributed by atoms with Gasteiger partial charge in [-0.05, 0) is 50.0 Å². The van der Waals surface area contributed by atoms with E-state index in [-0.39, 0.29) is 17.7 Å². The van der Waals surface area contributed by atoms with E-state index in [0.29, 0.717) is 19.4 Å². The van der Waals surface area contributed by atoms with Gasteiger partial charge < -0.3 is 15.1 Å². The van der Waals surface area contributed by atoms with Gasteiger partial charge in [-0.1, -0.05) is 43.2 Å². The molecule has 3 unspecified atom stereocenters. The lowest BCUT2D eigenvalue weighted by atomic mass is 9.78. The lowest BCUT2D eigenvalue weighted by molar-refractivity contribution is -0.151. The predicted octanol–water partition coefficient (Wildman–Crippen LogP) is 2.15. The van der Waals surface area contributed by atoms with Crippen molar-refractivity contribution in [2.75, 3.05) is 6.54 Å². The number of carbonyl (C=O) groups is 3. The topological polar surface area (TPSA) is 107 Å². The molecule has 0 aromatic heterocycles. The number of hydrogen-bond acceptors (Lipinski definition) is 4. The standard InChI is InChI=1S/C22H30N2O5/c1-14(23-18(21(26)27)12-11-15-7-3-2-4-8-15)20(25)24-13-16-9-5-6-10-17(16)19(24)22(28)29/h2-4,7-8,14,16-19,23H,5-6,9-13H2,1H3,(H,26,27)(H,28,29)/t14?,16?,17?,18-,19-/m0/s1. The van der Waals surface area contributed by atoms with Gasteiger partial charge in [0.05, 0.1) is 6.04 Å². The molecule has 5 atom stereocenters. The highest BCUT2D eigenvalue weighted by molar-refractivity contribution is 5.88. The minimum atomic E-state index is -1.01. The molecule has 158 valence electrons. The number of carboxylic acids is 2. The zero-order valence-corrected chi connectivity index (χ0v) is 16.8. The van der Waals surface area contributed by atoms with E-state index in [0.717, 1.165) is 31.2 Å². The Morgan fingerprint density at radius 1 is 1.14 bits per heavy atom. The van der Waals surface area contributed by atoms with E-state index >= 15 is 0 Å². The normalized spacial score (nSPS) is 25.8. The van der Waals surface area contributed by atoms with Crippen LogP contribution < -0.4 is 5.32 Å².